The van der Waals surface area contributed by atoms with Crippen LogP contribution >= 0.6 is 0 Å². The molecule has 6 heteroatoms. The topological polar surface area (TPSA) is 84.9 Å². The van der Waals surface area contributed by atoms with E-state index in [0.29, 0.717) is 25.3 Å². The molecule has 0 spiro atoms. The Morgan fingerprint density at radius 2 is 1.90 bits per heavy atom. The van der Waals surface area contributed by atoms with E-state index in [1.54, 1.807) is 38.3 Å². The van der Waals surface area contributed by atoms with Crippen molar-refractivity contribution in [1.29, 1.82) is 0 Å². The van der Waals surface area contributed by atoms with Crippen molar-refractivity contribution in [2.75, 3.05) is 32.2 Å². The van der Waals surface area contributed by atoms with Crippen molar-refractivity contribution in [2.45, 2.75) is 13.3 Å². The molecule has 0 radical (unpaired) electrons. The van der Waals surface area contributed by atoms with E-state index < -0.39 is 11.9 Å². The van der Waals surface area contributed by atoms with Gasteiger partial charge in [0.1, 0.15) is 6.61 Å². The van der Waals surface area contributed by atoms with Gasteiger partial charge in [0.05, 0.1) is 19.1 Å². The third-order valence-corrected chi connectivity index (χ3v) is 2.87. The van der Waals surface area contributed by atoms with Gasteiger partial charge in [0.25, 0.3) is 0 Å². The van der Waals surface area contributed by atoms with Crippen LogP contribution in [0, 0.1) is 5.92 Å². The molecule has 1 rings (SSSR count). The standard InChI is InChI=1S/C15H21NO5/c1-11(15(18)19)9-12-3-5-13(6-4-12)16-14(17)10-21-8-7-20-2/h3-6,11H,7-10H2,1-2H3,(H,16,17)(H,18,19). The lowest BCUT2D eigenvalue weighted by Gasteiger charge is -2.09. The number of anilines is 1. The van der Waals surface area contributed by atoms with Gasteiger partial charge >= 0.3 is 5.97 Å². The van der Waals surface area contributed by atoms with Gasteiger partial charge in [-0.2, -0.15) is 0 Å². The molecular weight excluding hydrogens is 274 g/mol. The SMILES string of the molecule is COCCOCC(=O)Nc1ccc(CC(C)C(=O)O)cc1. The van der Waals surface area contributed by atoms with Crippen LogP contribution in [0.2, 0.25) is 0 Å². The highest BCUT2D eigenvalue weighted by molar-refractivity contribution is 5.91. The number of carbonyl (C=O) groups is 2. The Kier molecular flexibility index (Phi) is 7.42. The molecule has 0 saturated carbocycles. The molecule has 1 atom stereocenters. The number of amides is 1. The summed E-state index contributed by atoms with van der Waals surface area (Å²) in [4.78, 5) is 22.4. The zero-order valence-corrected chi connectivity index (χ0v) is 12.3. The monoisotopic (exact) mass is 295 g/mol. The van der Waals surface area contributed by atoms with Gasteiger partial charge in [-0.1, -0.05) is 19.1 Å². The van der Waals surface area contributed by atoms with Gasteiger partial charge in [0, 0.05) is 12.8 Å². The molecule has 116 valence electrons. The van der Waals surface area contributed by atoms with E-state index >= 15 is 0 Å². The zero-order valence-electron chi connectivity index (χ0n) is 12.3. The van der Waals surface area contributed by atoms with Crippen molar-refractivity contribution in [3.8, 4) is 0 Å². The number of aliphatic carboxylic acids is 1. The number of hydrogen-bond acceptors (Lipinski definition) is 4. The molecule has 0 fully saturated rings. The smallest absolute Gasteiger partial charge is 0.306 e. The number of methoxy groups -OCH3 is 1. The van der Waals surface area contributed by atoms with Crippen LogP contribution in [0.15, 0.2) is 24.3 Å². The largest absolute Gasteiger partial charge is 0.481 e. The minimum absolute atomic E-state index is 0.0266. The highest BCUT2D eigenvalue weighted by Gasteiger charge is 2.11. The third-order valence-electron chi connectivity index (χ3n) is 2.87. The summed E-state index contributed by atoms with van der Waals surface area (Å²) < 4.78 is 9.91. The number of carboxylic acids is 1. The van der Waals surface area contributed by atoms with Gasteiger partial charge in [-0.3, -0.25) is 9.59 Å². The van der Waals surface area contributed by atoms with Gasteiger partial charge < -0.3 is 19.9 Å². The molecule has 0 saturated heterocycles. The molecule has 0 aliphatic rings. The van der Waals surface area contributed by atoms with E-state index in [1.165, 1.54) is 0 Å². The first-order chi connectivity index (χ1) is 10.0. The lowest BCUT2D eigenvalue weighted by Crippen LogP contribution is -2.19. The Balaban J connectivity index is 2.40. The summed E-state index contributed by atoms with van der Waals surface area (Å²) in [6, 6.07) is 7.11. The van der Waals surface area contributed by atoms with Gasteiger partial charge in [-0.05, 0) is 24.1 Å². The van der Waals surface area contributed by atoms with Crippen molar-refractivity contribution in [2.24, 2.45) is 5.92 Å². The van der Waals surface area contributed by atoms with E-state index in [9.17, 15) is 9.59 Å². The van der Waals surface area contributed by atoms with Crippen molar-refractivity contribution >= 4 is 17.6 Å². The van der Waals surface area contributed by atoms with Crippen LogP contribution in [0.3, 0.4) is 0 Å². The van der Waals surface area contributed by atoms with E-state index in [-0.39, 0.29) is 12.5 Å². The number of carbonyl (C=O) groups excluding carboxylic acids is 1. The Morgan fingerprint density at radius 3 is 2.48 bits per heavy atom. The predicted molar refractivity (Wildman–Crippen MR) is 78.3 cm³/mol. The first-order valence-electron chi connectivity index (χ1n) is 6.71. The fourth-order valence-electron chi connectivity index (χ4n) is 1.67. The van der Waals surface area contributed by atoms with Crippen molar-refractivity contribution in [1.82, 2.24) is 0 Å². The maximum absolute atomic E-state index is 11.6. The van der Waals surface area contributed by atoms with Gasteiger partial charge in [0.15, 0.2) is 0 Å². The number of hydrogen-bond donors (Lipinski definition) is 2. The van der Waals surface area contributed by atoms with Crippen LogP contribution in [0.1, 0.15) is 12.5 Å². The quantitative estimate of drug-likeness (QED) is 0.675. The maximum atomic E-state index is 11.6. The number of nitrogens with one attached hydrogen (secondary N) is 1. The maximum Gasteiger partial charge on any atom is 0.306 e. The van der Waals surface area contributed by atoms with Crippen molar-refractivity contribution in [3.63, 3.8) is 0 Å². The average molecular weight is 295 g/mol. The fraction of sp³-hybridized carbons (Fsp3) is 0.467. The average Bonchev–Trinajstić information content (AvgIpc) is 2.45. The van der Waals surface area contributed by atoms with Crippen LogP contribution in [-0.2, 0) is 25.5 Å². The molecule has 6 nitrogen and oxygen atoms in total. The van der Waals surface area contributed by atoms with Crippen LogP contribution in [0.4, 0.5) is 5.69 Å². The summed E-state index contributed by atoms with van der Waals surface area (Å²) in [5.41, 5.74) is 1.57. The Morgan fingerprint density at radius 1 is 1.24 bits per heavy atom. The second-order valence-electron chi connectivity index (χ2n) is 4.73. The summed E-state index contributed by atoms with van der Waals surface area (Å²) in [5.74, 6) is -1.49. The number of benzene rings is 1. The number of ether oxygens (including phenoxy) is 2. The van der Waals surface area contributed by atoms with Crippen molar-refractivity contribution in [3.05, 3.63) is 29.8 Å². The molecule has 0 aliphatic heterocycles. The normalized spacial score (nSPS) is 11.9. The second-order valence-corrected chi connectivity index (χ2v) is 4.73. The zero-order chi connectivity index (χ0) is 15.7. The summed E-state index contributed by atoms with van der Waals surface area (Å²) in [5, 5.41) is 11.6. The second kappa shape index (κ2) is 9.10. The minimum atomic E-state index is -0.819. The molecule has 0 aromatic heterocycles. The third kappa shape index (κ3) is 6.87. The molecule has 2 N–H and O–H groups in total. The van der Waals surface area contributed by atoms with Crippen LogP contribution < -0.4 is 5.32 Å². The lowest BCUT2D eigenvalue weighted by atomic mass is 10.0. The van der Waals surface area contributed by atoms with E-state index in [4.69, 9.17) is 14.6 Å². The van der Waals surface area contributed by atoms with Crippen LogP contribution in [0.25, 0.3) is 0 Å². The first kappa shape index (κ1) is 17.1. The van der Waals surface area contributed by atoms with Gasteiger partial charge in [-0.25, -0.2) is 0 Å². The highest BCUT2D eigenvalue weighted by Crippen LogP contribution is 2.13. The molecule has 1 unspecified atom stereocenters. The molecular formula is C15H21NO5. The summed E-state index contributed by atoms with van der Waals surface area (Å²) in [6.45, 7) is 2.45. The molecule has 1 amide bonds. The van der Waals surface area contributed by atoms with Gasteiger partial charge in [0.2, 0.25) is 5.91 Å². The minimum Gasteiger partial charge on any atom is -0.481 e. The molecule has 0 aliphatic carbocycles. The summed E-state index contributed by atoms with van der Waals surface area (Å²) >= 11 is 0. The summed E-state index contributed by atoms with van der Waals surface area (Å²) in [7, 11) is 1.57. The van der Waals surface area contributed by atoms with Crippen LogP contribution in [-0.4, -0.2) is 43.9 Å². The Labute approximate surface area is 124 Å². The fourth-order valence-corrected chi connectivity index (χ4v) is 1.67. The van der Waals surface area contributed by atoms with Gasteiger partial charge in [-0.15, -0.1) is 0 Å². The number of carboxylic acid groups (broad SMARTS) is 1. The van der Waals surface area contributed by atoms with E-state index in [0.717, 1.165) is 5.56 Å². The summed E-state index contributed by atoms with van der Waals surface area (Å²) in [6.07, 6.45) is 0.462. The molecule has 0 bridgehead atoms. The van der Waals surface area contributed by atoms with Crippen molar-refractivity contribution < 1.29 is 24.2 Å². The highest BCUT2D eigenvalue weighted by atomic mass is 16.5. The van der Waals surface area contributed by atoms with Crippen LogP contribution in [0.5, 0.6) is 0 Å². The Hall–Kier alpha value is -1.92. The molecule has 0 heterocycles. The van der Waals surface area contributed by atoms with E-state index in [2.05, 4.69) is 5.32 Å². The number of rotatable bonds is 9. The molecule has 1 aromatic rings. The predicted octanol–water partition coefficient (Wildman–Crippen LogP) is 1.55. The lowest BCUT2D eigenvalue weighted by molar-refractivity contribution is -0.141. The molecule has 1 aromatic carbocycles. The van der Waals surface area contributed by atoms with E-state index in [1.807, 2.05) is 0 Å². The molecule has 21 heavy (non-hydrogen) atoms. The Bertz CT molecular complexity index is 458. The first-order valence-corrected chi connectivity index (χ1v) is 6.71.